The van der Waals surface area contributed by atoms with Gasteiger partial charge >= 0.3 is 145 Å². The molecule has 0 atom stereocenters. The number of halogens is 1. The summed E-state index contributed by atoms with van der Waals surface area (Å²) in [6.07, 6.45) is 5.89. The topological polar surface area (TPSA) is 48.0 Å². The van der Waals surface area contributed by atoms with Gasteiger partial charge in [-0.2, -0.15) is 0 Å². The molecule has 0 aliphatic carbocycles. The molecule has 0 bridgehead atoms. The Morgan fingerprint density at radius 1 is 1.24 bits per heavy atom. The number of fused-ring (bicyclic) bond motifs is 1. The van der Waals surface area contributed by atoms with Gasteiger partial charge in [0, 0.05) is 0 Å². The fourth-order valence-corrected chi connectivity index (χ4v) is 3.02. The van der Waals surface area contributed by atoms with E-state index in [0.29, 0.717) is 12.0 Å². The van der Waals surface area contributed by atoms with Crippen LogP contribution in [0.4, 0.5) is 4.39 Å². The van der Waals surface area contributed by atoms with Gasteiger partial charge in [-0.1, -0.05) is 0 Å². The molecule has 0 saturated carbocycles. The third-order valence-electron chi connectivity index (χ3n) is 4.30. The van der Waals surface area contributed by atoms with Crippen LogP contribution in [0.1, 0.15) is 23.8 Å². The third-order valence-corrected chi connectivity index (χ3v) is 4.30. The van der Waals surface area contributed by atoms with Crippen molar-refractivity contribution in [1.82, 2.24) is 24.1 Å². The number of rotatable bonds is 4. The van der Waals surface area contributed by atoms with Crippen molar-refractivity contribution in [2.75, 3.05) is 0 Å². The summed E-state index contributed by atoms with van der Waals surface area (Å²) in [5.74, 6) is -0.231. The number of aromatic nitrogens is 5. The molecule has 25 heavy (non-hydrogen) atoms. The molecule has 4 rings (SSSR count). The van der Waals surface area contributed by atoms with Gasteiger partial charge in [0.1, 0.15) is 0 Å². The Kier molecular flexibility index (Phi) is 3.91. The predicted octanol–water partition coefficient (Wildman–Crippen LogP) is 2.99. The van der Waals surface area contributed by atoms with Gasteiger partial charge < -0.3 is 0 Å². The Labute approximate surface area is 145 Å². The average Bonchev–Trinajstić information content (AvgIpc) is 3.23. The molecule has 0 radical (unpaired) electrons. The molecule has 0 N–H and O–H groups in total. The van der Waals surface area contributed by atoms with E-state index in [9.17, 15) is 4.39 Å². The number of benzene rings is 1. The first-order chi connectivity index (χ1) is 12.2. The van der Waals surface area contributed by atoms with E-state index in [0.717, 1.165) is 34.8 Å². The summed E-state index contributed by atoms with van der Waals surface area (Å²) in [6.45, 7) is 6.90. The van der Waals surface area contributed by atoms with Crippen molar-refractivity contribution in [2.24, 2.45) is 0 Å². The zero-order chi connectivity index (χ0) is 17.4. The van der Waals surface area contributed by atoms with E-state index in [1.54, 1.807) is 18.3 Å². The fraction of sp³-hybridized carbons (Fsp3) is 0.222. The van der Waals surface area contributed by atoms with E-state index in [4.69, 9.17) is 4.98 Å². The van der Waals surface area contributed by atoms with Crippen LogP contribution >= 0.6 is 0 Å². The molecule has 0 unspecified atom stereocenters. The number of aryl methyl sites for hydroxylation is 2. The normalized spacial score (nSPS) is 11.2. The third kappa shape index (κ3) is 2.86. The Bertz CT molecular complexity index is 1050. The summed E-state index contributed by atoms with van der Waals surface area (Å²) in [7, 11) is 0. The van der Waals surface area contributed by atoms with Crippen molar-refractivity contribution in [3.63, 3.8) is 0 Å². The summed E-state index contributed by atoms with van der Waals surface area (Å²) < 4.78 is 17.9. The molecule has 0 saturated heterocycles. The molecule has 0 fully saturated rings. The maximum atomic E-state index is 14.1. The standard InChI is InChI=1S/C18H17BFN5/c1-3-25-12(2)19-17(23-25)16-11-24-9-8-21-18(24)15(22-16)10-13-6-4-5-7-14(13)20/h4-9,11H,3,10H2,1-2H3. The molecule has 0 spiro atoms. The SMILES string of the molecule is CCn1nc(-c2cn3ccnc3c(Cc3ccccc3F)n2)bc1C. The van der Waals surface area contributed by atoms with E-state index in [1.165, 1.54) is 6.07 Å². The Morgan fingerprint density at radius 3 is 2.84 bits per heavy atom. The minimum atomic E-state index is -0.231. The van der Waals surface area contributed by atoms with Crippen LogP contribution in [0.5, 0.6) is 0 Å². The molecule has 4 aromatic rings. The second-order valence-corrected chi connectivity index (χ2v) is 5.99. The van der Waals surface area contributed by atoms with E-state index in [2.05, 4.69) is 17.0 Å². The van der Waals surface area contributed by atoms with Crippen LogP contribution in [0.15, 0.2) is 42.9 Å². The van der Waals surface area contributed by atoms with Crippen LogP contribution in [-0.2, 0) is 13.0 Å². The second kappa shape index (κ2) is 6.24. The molecule has 0 aliphatic heterocycles. The molecule has 7 heteroatoms. The zero-order valence-corrected chi connectivity index (χ0v) is 14.1. The number of hydrogen-bond acceptors (Lipinski definition) is 3. The maximum absolute atomic E-state index is 14.1. The first-order valence-electron chi connectivity index (χ1n) is 8.26. The van der Waals surface area contributed by atoms with Crippen molar-refractivity contribution in [1.29, 1.82) is 0 Å². The number of nitrogens with zero attached hydrogens (tertiary/aromatic N) is 5. The number of imidazole rings is 1. The summed E-state index contributed by atoms with van der Waals surface area (Å²) in [4.78, 5) is 9.11. The minimum absolute atomic E-state index is 0.231. The number of hydrogen-bond donors (Lipinski definition) is 0. The van der Waals surface area contributed by atoms with Crippen LogP contribution in [0.2, 0.25) is 0 Å². The van der Waals surface area contributed by atoms with Gasteiger partial charge in [0.05, 0.1) is 0 Å². The monoisotopic (exact) mass is 333 g/mol. The van der Waals surface area contributed by atoms with Gasteiger partial charge in [-0.05, 0) is 0 Å². The molecule has 0 amide bonds. The van der Waals surface area contributed by atoms with Crippen molar-refractivity contribution < 1.29 is 4.39 Å². The molecule has 1 aromatic carbocycles. The average molecular weight is 333 g/mol. The first-order valence-corrected chi connectivity index (χ1v) is 8.26. The van der Waals surface area contributed by atoms with Gasteiger partial charge in [-0.3, -0.25) is 0 Å². The zero-order valence-electron chi connectivity index (χ0n) is 14.1. The van der Waals surface area contributed by atoms with Crippen LogP contribution in [-0.4, -0.2) is 31.1 Å². The molecule has 3 aromatic heterocycles. The van der Waals surface area contributed by atoms with E-state index >= 15 is 0 Å². The van der Waals surface area contributed by atoms with E-state index in [1.807, 2.05) is 41.4 Å². The summed E-state index contributed by atoms with van der Waals surface area (Å²) in [5, 5.41) is 4.60. The molecular weight excluding hydrogens is 316 g/mol. The van der Waals surface area contributed by atoms with Crippen molar-refractivity contribution in [2.45, 2.75) is 26.8 Å². The van der Waals surface area contributed by atoms with Gasteiger partial charge in [0.25, 0.3) is 0 Å². The van der Waals surface area contributed by atoms with E-state index in [-0.39, 0.29) is 5.82 Å². The van der Waals surface area contributed by atoms with Crippen LogP contribution in [0.3, 0.4) is 0 Å². The molecule has 3 heterocycles. The second-order valence-electron chi connectivity index (χ2n) is 5.99. The summed E-state index contributed by atoms with van der Waals surface area (Å²) in [6, 6.07) is 6.76. The predicted molar refractivity (Wildman–Crippen MR) is 95.2 cm³/mol. The fourth-order valence-electron chi connectivity index (χ4n) is 3.02. The van der Waals surface area contributed by atoms with Gasteiger partial charge in [-0.15, -0.1) is 0 Å². The van der Waals surface area contributed by atoms with Crippen molar-refractivity contribution in [3.05, 3.63) is 65.5 Å². The molecular formula is C18H17BFN5. The first kappa shape index (κ1) is 15.7. The Balaban J connectivity index is 1.83. The summed E-state index contributed by atoms with van der Waals surface area (Å²) in [5.41, 5.74) is 4.72. The quantitative estimate of drug-likeness (QED) is 0.577. The molecule has 5 nitrogen and oxygen atoms in total. The van der Waals surface area contributed by atoms with Gasteiger partial charge in [0.15, 0.2) is 0 Å². The summed E-state index contributed by atoms with van der Waals surface area (Å²) >= 11 is 0. The van der Waals surface area contributed by atoms with Gasteiger partial charge in [-0.25, -0.2) is 0 Å². The van der Waals surface area contributed by atoms with Crippen LogP contribution in [0, 0.1) is 12.7 Å². The van der Waals surface area contributed by atoms with Crippen molar-refractivity contribution in [3.8, 4) is 11.3 Å². The van der Waals surface area contributed by atoms with E-state index < -0.39 is 0 Å². The van der Waals surface area contributed by atoms with Gasteiger partial charge in [0.2, 0.25) is 0 Å². The Morgan fingerprint density at radius 2 is 2.08 bits per heavy atom. The molecule has 124 valence electrons. The van der Waals surface area contributed by atoms with Crippen LogP contribution in [0.25, 0.3) is 16.9 Å². The molecule has 0 aliphatic rings. The van der Waals surface area contributed by atoms with Crippen molar-refractivity contribution >= 4 is 12.6 Å². The van der Waals surface area contributed by atoms with Crippen LogP contribution < -0.4 is 0 Å². The Hall–Kier alpha value is -2.83.